The van der Waals surface area contributed by atoms with Gasteiger partial charge in [0.25, 0.3) is 11.5 Å². The number of rotatable bonds is 4. The van der Waals surface area contributed by atoms with Crippen molar-refractivity contribution in [3.63, 3.8) is 0 Å². The SMILES string of the molecule is O=C(c1ccc(CN2CCCCC2)o1)N1CCCC(c2nc3ccccc3c(=O)[nH]2)C1. The molecule has 0 bridgehead atoms. The molecule has 0 aliphatic carbocycles. The Labute approximate surface area is 181 Å². The zero-order valence-electron chi connectivity index (χ0n) is 17.7. The number of carbonyl (C=O) groups excluding carboxylic acids is 1. The lowest BCUT2D eigenvalue weighted by Gasteiger charge is -2.31. The zero-order chi connectivity index (χ0) is 21.2. The monoisotopic (exact) mass is 420 g/mol. The van der Waals surface area contributed by atoms with Gasteiger partial charge in [0.1, 0.15) is 11.6 Å². The molecule has 3 aromatic rings. The van der Waals surface area contributed by atoms with Crippen molar-refractivity contribution >= 4 is 16.8 Å². The second-order valence-corrected chi connectivity index (χ2v) is 8.66. The van der Waals surface area contributed by atoms with E-state index in [-0.39, 0.29) is 17.4 Å². The molecule has 2 aliphatic rings. The van der Waals surface area contributed by atoms with Crippen LogP contribution in [0.5, 0.6) is 0 Å². The number of para-hydroxylation sites is 1. The Balaban J connectivity index is 1.29. The molecule has 1 amide bonds. The fourth-order valence-electron chi connectivity index (χ4n) is 4.75. The first-order valence-electron chi connectivity index (χ1n) is 11.3. The van der Waals surface area contributed by atoms with Gasteiger partial charge in [-0.1, -0.05) is 18.6 Å². The first-order valence-corrected chi connectivity index (χ1v) is 11.3. The fourth-order valence-corrected chi connectivity index (χ4v) is 4.75. The number of benzene rings is 1. The largest absolute Gasteiger partial charge is 0.455 e. The van der Waals surface area contributed by atoms with Gasteiger partial charge in [-0.25, -0.2) is 4.98 Å². The van der Waals surface area contributed by atoms with Gasteiger partial charge in [-0.2, -0.15) is 0 Å². The lowest BCUT2D eigenvalue weighted by molar-refractivity contribution is 0.0668. The van der Waals surface area contributed by atoms with Crippen LogP contribution < -0.4 is 5.56 Å². The summed E-state index contributed by atoms with van der Waals surface area (Å²) in [5.41, 5.74) is 0.565. The summed E-state index contributed by atoms with van der Waals surface area (Å²) in [4.78, 5) is 37.4. The number of nitrogens with one attached hydrogen (secondary N) is 1. The molecule has 1 atom stereocenters. The molecule has 2 aliphatic heterocycles. The van der Waals surface area contributed by atoms with Gasteiger partial charge in [0.2, 0.25) is 0 Å². The van der Waals surface area contributed by atoms with Gasteiger partial charge in [-0.3, -0.25) is 14.5 Å². The molecule has 7 heteroatoms. The molecule has 1 N–H and O–H groups in total. The Morgan fingerprint density at radius 3 is 2.77 bits per heavy atom. The Morgan fingerprint density at radius 1 is 1.06 bits per heavy atom. The minimum absolute atomic E-state index is 0.0118. The highest BCUT2D eigenvalue weighted by Crippen LogP contribution is 2.26. The summed E-state index contributed by atoms with van der Waals surface area (Å²) in [5.74, 6) is 1.83. The van der Waals surface area contributed by atoms with Gasteiger partial charge in [0, 0.05) is 19.0 Å². The number of amides is 1. The van der Waals surface area contributed by atoms with Crippen molar-refractivity contribution in [2.24, 2.45) is 0 Å². The van der Waals surface area contributed by atoms with Crippen LogP contribution in [-0.4, -0.2) is 51.9 Å². The molecule has 2 fully saturated rings. The molecular formula is C24H28N4O3. The van der Waals surface area contributed by atoms with Crippen LogP contribution in [0.1, 0.15) is 60.2 Å². The summed E-state index contributed by atoms with van der Waals surface area (Å²) in [5, 5.41) is 0.590. The van der Waals surface area contributed by atoms with Crippen molar-refractivity contribution in [2.45, 2.75) is 44.6 Å². The molecule has 1 unspecified atom stereocenters. The fraction of sp³-hybridized carbons (Fsp3) is 0.458. The second-order valence-electron chi connectivity index (χ2n) is 8.66. The minimum atomic E-state index is -0.127. The Bertz CT molecular complexity index is 1130. The normalized spacial score (nSPS) is 20.3. The van der Waals surface area contributed by atoms with Gasteiger partial charge in [0.05, 0.1) is 17.4 Å². The van der Waals surface area contributed by atoms with Crippen LogP contribution in [0.4, 0.5) is 0 Å². The molecule has 2 aromatic heterocycles. The molecule has 1 aromatic carbocycles. The lowest BCUT2D eigenvalue weighted by atomic mass is 9.96. The first-order chi connectivity index (χ1) is 15.2. The van der Waals surface area contributed by atoms with E-state index in [4.69, 9.17) is 4.42 Å². The van der Waals surface area contributed by atoms with E-state index in [1.165, 1.54) is 19.3 Å². The topological polar surface area (TPSA) is 82.4 Å². The zero-order valence-corrected chi connectivity index (χ0v) is 17.7. The molecule has 31 heavy (non-hydrogen) atoms. The molecule has 0 spiro atoms. The lowest BCUT2D eigenvalue weighted by Crippen LogP contribution is -2.39. The molecular weight excluding hydrogens is 392 g/mol. The number of aromatic nitrogens is 2. The van der Waals surface area contributed by atoms with Gasteiger partial charge in [-0.05, 0) is 63.0 Å². The number of H-pyrrole nitrogens is 1. The van der Waals surface area contributed by atoms with Gasteiger partial charge in [-0.15, -0.1) is 0 Å². The number of piperidine rings is 2. The van der Waals surface area contributed by atoms with Crippen LogP contribution in [0.15, 0.2) is 45.6 Å². The molecule has 0 radical (unpaired) electrons. The van der Waals surface area contributed by atoms with E-state index in [0.29, 0.717) is 35.6 Å². The number of hydrogen-bond donors (Lipinski definition) is 1. The van der Waals surface area contributed by atoms with Crippen molar-refractivity contribution in [1.29, 1.82) is 0 Å². The number of furan rings is 1. The highest BCUT2D eigenvalue weighted by Gasteiger charge is 2.29. The van der Waals surface area contributed by atoms with Crippen LogP contribution in [-0.2, 0) is 6.54 Å². The molecule has 162 valence electrons. The third-order valence-corrected chi connectivity index (χ3v) is 6.43. The number of fused-ring (bicyclic) bond motifs is 1. The third-order valence-electron chi connectivity index (χ3n) is 6.43. The summed E-state index contributed by atoms with van der Waals surface area (Å²) in [6.07, 6.45) is 5.52. The molecule has 7 nitrogen and oxygen atoms in total. The summed E-state index contributed by atoms with van der Waals surface area (Å²) in [7, 11) is 0. The van der Waals surface area contributed by atoms with E-state index >= 15 is 0 Å². The van der Waals surface area contributed by atoms with E-state index in [1.807, 2.05) is 29.2 Å². The minimum Gasteiger partial charge on any atom is -0.455 e. The maximum atomic E-state index is 13.1. The molecule has 4 heterocycles. The van der Waals surface area contributed by atoms with Gasteiger partial charge >= 0.3 is 0 Å². The maximum absolute atomic E-state index is 13.1. The smallest absolute Gasteiger partial charge is 0.289 e. The Kier molecular flexibility index (Phi) is 5.59. The standard InChI is InChI=1S/C24H28N4O3/c29-23-19-8-2-3-9-20(19)25-22(26-23)17-7-6-14-28(15-17)24(30)21-11-10-18(31-21)16-27-12-4-1-5-13-27/h2-3,8-11,17H,1,4-7,12-16H2,(H,25,26,29). The average molecular weight is 421 g/mol. The van der Waals surface area contributed by atoms with Crippen molar-refractivity contribution in [1.82, 2.24) is 19.8 Å². The van der Waals surface area contributed by atoms with Crippen molar-refractivity contribution in [3.8, 4) is 0 Å². The Hall–Kier alpha value is -2.93. The summed E-state index contributed by atoms with van der Waals surface area (Å²) >= 11 is 0. The quantitative estimate of drug-likeness (QED) is 0.698. The van der Waals surface area contributed by atoms with Crippen LogP contribution in [0.3, 0.4) is 0 Å². The van der Waals surface area contributed by atoms with Crippen LogP contribution in [0.25, 0.3) is 10.9 Å². The van der Waals surface area contributed by atoms with E-state index in [2.05, 4.69) is 14.9 Å². The van der Waals surface area contributed by atoms with Crippen LogP contribution in [0.2, 0.25) is 0 Å². The van der Waals surface area contributed by atoms with Crippen LogP contribution >= 0.6 is 0 Å². The van der Waals surface area contributed by atoms with Crippen molar-refractivity contribution < 1.29 is 9.21 Å². The highest BCUT2D eigenvalue weighted by molar-refractivity contribution is 5.91. The average Bonchev–Trinajstić information content (AvgIpc) is 3.28. The number of aromatic amines is 1. The summed E-state index contributed by atoms with van der Waals surface area (Å²) in [6.45, 7) is 4.17. The highest BCUT2D eigenvalue weighted by atomic mass is 16.4. The van der Waals surface area contributed by atoms with Crippen molar-refractivity contribution in [3.05, 3.63) is 64.1 Å². The predicted molar refractivity (Wildman–Crippen MR) is 118 cm³/mol. The number of nitrogens with zero attached hydrogens (tertiary/aromatic N) is 3. The van der Waals surface area contributed by atoms with E-state index in [9.17, 15) is 9.59 Å². The van der Waals surface area contributed by atoms with Crippen LogP contribution in [0, 0.1) is 0 Å². The molecule has 0 saturated carbocycles. The maximum Gasteiger partial charge on any atom is 0.289 e. The third kappa shape index (κ3) is 4.28. The number of carbonyl (C=O) groups is 1. The summed E-state index contributed by atoms with van der Waals surface area (Å²) < 4.78 is 5.91. The predicted octanol–water partition coefficient (Wildman–Crippen LogP) is 3.52. The van der Waals surface area contributed by atoms with Crippen molar-refractivity contribution in [2.75, 3.05) is 26.2 Å². The van der Waals surface area contributed by atoms with E-state index < -0.39 is 0 Å². The first kappa shape index (κ1) is 20.0. The summed E-state index contributed by atoms with van der Waals surface area (Å²) in [6, 6.07) is 11.1. The number of likely N-dealkylation sites (tertiary alicyclic amines) is 2. The van der Waals surface area contributed by atoms with E-state index in [1.54, 1.807) is 12.1 Å². The molecule has 2 saturated heterocycles. The molecule has 5 rings (SSSR count). The van der Waals surface area contributed by atoms with Gasteiger partial charge < -0.3 is 14.3 Å². The second kappa shape index (κ2) is 8.67. The van der Waals surface area contributed by atoms with Gasteiger partial charge in [0.15, 0.2) is 5.76 Å². The van der Waals surface area contributed by atoms with E-state index in [0.717, 1.165) is 38.2 Å². The Morgan fingerprint density at radius 2 is 1.90 bits per heavy atom. The number of hydrogen-bond acceptors (Lipinski definition) is 5.